The molecule has 1 aromatic heterocycles. The minimum atomic E-state index is -0.0369. The van der Waals surface area contributed by atoms with Crippen molar-refractivity contribution in [2.75, 3.05) is 11.9 Å². The molecular formula is C7H12N4OS. The van der Waals surface area contributed by atoms with E-state index in [1.54, 1.807) is 0 Å². The van der Waals surface area contributed by atoms with Gasteiger partial charge >= 0.3 is 0 Å². The van der Waals surface area contributed by atoms with Crippen LogP contribution in [0, 0.1) is 0 Å². The highest BCUT2D eigenvalue weighted by molar-refractivity contribution is 7.09. The Hall–Kier alpha value is -1.17. The van der Waals surface area contributed by atoms with Crippen LogP contribution in [0.5, 0.6) is 0 Å². The number of anilines is 1. The lowest BCUT2D eigenvalue weighted by atomic mass is 10.4. The molecule has 0 spiro atoms. The number of carbonyl (C=O) groups excluding carboxylic acids is 1. The summed E-state index contributed by atoms with van der Waals surface area (Å²) in [5.41, 5.74) is 0. The van der Waals surface area contributed by atoms with Gasteiger partial charge in [-0.3, -0.25) is 4.79 Å². The van der Waals surface area contributed by atoms with Crippen molar-refractivity contribution in [2.45, 2.75) is 19.9 Å². The van der Waals surface area contributed by atoms with E-state index in [1.165, 1.54) is 17.9 Å². The van der Waals surface area contributed by atoms with Gasteiger partial charge in [-0.05, 0) is 13.8 Å². The molecule has 1 amide bonds. The molecule has 0 aliphatic carbocycles. The Morgan fingerprint density at radius 3 is 3.00 bits per heavy atom. The Labute approximate surface area is 80.7 Å². The Bertz CT molecular complexity index is 259. The maximum atomic E-state index is 11.1. The minimum Gasteiger partial charge on any atom is -0.352 e. The summed E-state index contributed by atoms with van der Waals surface area (Å²) >= 11 is 1.23. The molecule has 5 nitrogen and oxygen atoms in total. The second-order valence-corrected chi connectivity index (χ2v) is 3.60. The fourth-order valence-corrected chi connectivity index (χ4v) is 1.21. The molecule has 1 rings (SSSR count). The first-order chi connectivity index (χ1) is 6.18. The molecule has 0 aliphatic heterocycles. The van der Waals surface area contributed by atoms with E-state index in [-0.39, 0.29) is 18.5 Å². The van der Waals surface area contributed by atoms with E-state index < -0.39 is 0 Å². The van der Waals surface area contributed by atoms with E-state index in [2.05, 4.69) is 20.0 Å². The number of nitrogens with zero attached hydrogens (tertiary/aromatic N) is 2. The number of rotatable bonds is 4. The van der Waals surface area contributed by atoms with Crippen molar-refractivity contribution in [3.63, 3.8) is 0 Å². The van der Waals surface area contributed by atoms with Gasteiger partial charge in [0.15, 0.2) is 0 Å². The Kier molecular flexibility index (Phi) is 3.63. The Morgan fingerprint density at radius 1 is 1.69 bits per heavy atom. The van der Waals surface area contributed by atoms with Crippen LogP contribution in [-0.4, -0.2) is 27.9 Å². The average Bonchev–Trinajstić information content (AvgIpc) is 2.51. The lowest BCUT2D eigenvalue weighted by Crippen LogP contribution is -2.34. The summed E-state index contributed by atoms with van der Waals surface area (Å²) in [5, 5.41) is 6.29. The Morgan fingerprint density at radius 2 is 2.46 bits per heavy atom. The highest BCUT2D eigenvalue weighted by atomic mass is 32.1. The van der Waals surface area contributed by atoms with Gasteiger partial charge in [0.2, 0.25) is 11.0 Å². The van der Waals surface area contributed by atoms with Crippen LogP contribution in [0.1, 0.15) is 13.8 Å². The molecule has 6 heteroatoms. The van der Waals surface area contributed by atoms with Gasteiger partial charge in [-0.15, -0.1) is 0 Å². The lowest BCUT2D eigenvalue weighted by molar-refractivity contribution is -0.119. The van der Waals surface area contributed by atoms with Crippen LogP contribution in [-0.2, 0) is 4.79 Å². The van der Waals surface area contributed by atoms with Crippen molar-refractivity contribution in [1.29, 1.82) is 0 Å². The van der Waals surface area contributed by atoms with E-state index in [4.69, 9.17) is 0 Å². The number of carbonyl (C=O) groups is 1. The van der Waals surface area contributed by atoms with Gasteiger partial charge in [0.05, 0.1) is 6.54 Å². The smallest absolute Gasteiger partial charge is 0.239 e. The molecule has 0 radical (unpaired) electrons. The summed E-state index contributed by atoms with van der Waals surface area (Å²) in [6, 6.07) is 0.170. The number of amides is 1. The second-order valence-electron chi connectivity index (χ2n) is 2.82. The van der Waals surface area contributed by atoms with Crippen molar-refractivity contribution in [2.24, 2.45) is 0 Å². The first-order valence-electron chi connectivity index (χ1n) is 3.98. The predicted octanol–water partition coefficient (Wildman–Crippen LogP) is 0.475. The van der Waals surface area contributed by atoms with Gasteiger partial charge in [-0.25, -0.2) is 4.98 Å². The second kappa shape index (κ2) is 4.76. The van der Waals surface area contributed by atoms with E-state index in [0.29, 0.717) is 5.13 Å². The summed E-state index contributed by atoms with van der Waals surface area (Å²) in [5.74, 6) is -0.0369. The molecule has 0 bridgehead atoms. The summed E-state index contributed by atoms with van der Waals surface area (Å²) < 4.78 is 3.80. The van der Waals surface area contributed by atoms with E-state index >= 15 is 0 Å². The number of aromatic nitrogens is 2. The maximum absolute atomic E-state index is 11.1. The third-order valence-corrected chi connectivity index (χ3v) is 1.83. The fourth-order valence-electron chi connectivity index (χ4n) is 0.780. The van der Waals surface area contributed by atoms with Gasteiger partial charge in [-0.1, -0.05) is 0 Å². The summed E-state index contributed by atoms with van der Waals surface area (Å²) in [6.45, 7) is 4.08. The average molecular weight is 200 g/mol. The summed E-state index contributed by atoms with van der Waals surface area (Å²) in [4.78, 5) is 15.0. The largest absolute Gasteiger partial charge is 0.352 e. The molecule has 0 unspecified atom stereocenters. The van der Waals surface area contributed by atoms with E-state index in [9.17, 15) is 4.79 Å². The highest BCUT2D eigenvalue weighted by Crippen LogP contribution is 2.04. The van der Waals surface area contributed by atoms with Crippen molar-refractivity contribution >= 4 is 22.6 Å². The zero-order valence-corrected chi connectivity index (χ0v) is 8.39. The molecule has 0 aliphatic rings. The number of hydrogen-bond acceptors (Lipinski definition) is 5. The molecule has 1 aromatic rings. The normalized spacial score (nSPS) is 10.1. The maximum Gasteiger partial charge on any atom is 0.239 e. The van der Waals surface area contributed by atoms with Gasteiger partial charge in [0.1, 0.15) is 6.33 Å². The van der Waals surface area contributed by atoms with Crippen LogP contribution >= 0.6 is 11.5 Å². The van der Waals surface area contributed by atoms with Gasteiger partial charge in [-0.2, -0.15) is 4.37 Å². The standard InChI is InChI=1S/C7H12N4OS/c1-5(2)11-6(12)3-8-7-9-4-10-13-7/h4-5H,3H2,1-2H3,(H,11,12)(H,8,9,10). The highest BCUT2D eigenvalue weighted by Gasteiger charge is 2.03. The molecule has 1 heterocycles. The zero-order chi connectivity index (χ0) is 9.68. The van der Waals surface area contributed by atoms with E-state index in [0.717, 1.165) is 0 Å². The van der Waals surface area contributed by atoms with Gasteiger partial charge < -0.3 is 10.6 Å². The van der Waals surface area contributed by atoms with Crippen molar-refractivity contribution in [1.82, 2.24) is 14.7 Å². The molecular weight excluding hydrogens is 188 g/mol. The first kappa shape index (κ1) is 9.91. The van der Waals surface area contributed by atoms with Gasteiger partial charge in [0.25, 0.3) is 0 Å². The van der Waals surface area contributed by atoms with Crippen LogP contribution in [0.15, 0.2) is 6.33 Å². The molecule has 2 N–H and O–H groups in total. The molecule has 0 aromatic carbocycles. The van der Waals surface area contributed by atoms with Crippen LogP contribution in [0.3, 0.4) is 0 Å². The fraction of sp³-hybridized carbons (Fsp3) is 0.571. The molecule has 0 fully saturated rings. The SMILES string of the molecule is CC(C)NC(=O)CNc1ncns1. The first-order valence-corrected chi connectivity index (χ1v) is 4.75. The van der Waals surface area contributed by atoms with Crippen LogP contribution in [0.25, 0.3) is 0 Å². The van der Waals surface area contributed by atoms with Crippen molar-refractivity contribution < 1.29 is 4.79 Å². The molecule has 13 heavy (non-hydrogen) atoms. The summed E-state index contributed by atoms with van der Waals surface area (Å²) in [6.07, 6.45) is 1.45. The quantitative estimate of drug-likeness (QED) is 0.741. The molecule has 0 saturated heterocycles. The monoisotopic (exact) mass is 200 g/mol. The number of nitrogens with one attached hydrogen (secondary N) is 2. The Balaban J connectivity index is 2.23. The van der Waals surface area contributed by atoms with Crippen LogP contribution in [0.4, 0.5) is 5.13 Å². The lowest BCUT2D eigenvalue weighted by Gasteiger charge is -2.07. The molecule has 0 atom stereocenters. The third-order valence-electron chi connectivity index (χ3n) is 1.21. The summed E-state index contributed by atoms with van der Waals surface area (Å²) in [7, 11) is 0. The van der Waals surface area contributed by atoms with Gasteiger partial charge in [0, 0.05) is 17.6 Å². The van der Waals surface area contributed by atoms with Crippen molar-refractivity contribution in [3.05, 3.63) is 6.33 Å². The predicted molar refractivity (Wildman–Crippen MR) is 51.7 cm³/mol. The van der Waals surface area contributed by atoms with Crippen molar-refractivity contribution in [3.8, 4) is 0 Å². The molecule has 0 saturated carbocycles. The van der Waals surface area contributed by atoms with Crippen LogP contribution in [0.2, 0.25) is 0 Å². The number of hydrogen-bond donors (Lipinski definition) is 2. The minimum absolute atomic E-state index is 0.0369. The van der Waals surface area contributed by atoms with Crippen LogP contribution < -0.4 is 10.6 Å². The van der Waals surface area contributed by atoms with E-state index in [1.807, 2.05) is 13.8 Å². The molecule has 72 valence electrons. The third kappa shape index (κ3) is 3.84. The topological polar surface area (TPSA) is 66.9 Å². The zero-order valence-electron chi connectivity index (χ0n) is 7.57.